The molecule has 58 valence electrons. The molecule has 0 aliphatic heterocycles. The molecule has 0 amide bonds. The number of aryl methyl sites for hydroxylation is 1. The molecule has 11 heavy (non-hydrogen) atoms. The lowest BCUT2D eigenvalue weighted by Crippen LogP contribution is -2.21. The van der Waals surface area contributed by atoms with E-state index in [0.717, 1.165) is 0 Å². The van der Waals surface area contributed by atoms with Crippen LogP contribution >= 0.6 is 0 Å². The van der Waals surface area contributed by atoms with Gasteiger partial charge in [-0.2, -0.15) is 5.10 Å². The molecule has 0 aliphatic rings. The van der Waals surface area contributed by atoms with E-state index in [0.29, 0.717) is 12.8 Å². The van der Waals surface area contributed by atoms with E-state index in [4.69, 9.17) is 0 Å². The standard InChI is InChI=1S/C7H8N2O2/c1-2-9-7(11)4-3-6(5-10)8-9/h3-5H,2H2,1H3. The molecule has 0 radical (unpaired) electrons. The SMILES string of the molecule is CCn1nc(C=O)ccc1=O. The van der Waals surface area contributed by atoms with Gasteiger partial charge in [-0.05, 0) is 13.0 Å². The topological polar surface area (TPSA) is 52.0 Å². The van der Waals surface area contributed by atoms with Gasteiger partial charge in [0, 0.05) is 12.6 Å². The summed E-state index contributed by atoms with van der Waals surface area (Å²) in [5.74, 6) is 0. The van der Waals surface area contributed by atoms with Gasteiger partial charge in [-0.1, -0.05) is 0 Å². The summed E-state index contributed by atoms with van der Waals surface area (Å²) in [4.78, 5) is 21.1. The molecule has 1 rings (SSSR count). The molecule has 0 N–H and O–H groups in total. The quantitative estimate of drug-likeness (QED) is 0.564. The lowest BCUT2D eigenvalue weighted by Gasteiger charge is -1.97. The smallest absolute Gasteiger partial charge is 0.266 e. The van der Waals surface area contributed by atoms with Gasteiger partial charge in [-0.25, -0.2) is 4.68 Å². The number of nitrogens with zero attached hydrogens (tertiary/aromatic N) is 2. The lowest BCUT2D eigenvalue weighted by molar-refractivity contribution is 0.111. The summed E-state index contributed by atoms with van der Waals surface area (Å²) in [7, 11) is 0. The van der Waals surface area contributed by atoms with Crippen molar-refractivity contribution in [2.45, 2.75) is 13.5 Å². The van der Waals surface area contributed by atoms with Crippen LogP contribution in [0.15, 0.2) is 16.9 Å². The minimum absolute atomic E-state index is 0.182. The predicted molar refractivity (Wildman–Crippen MR) is 39.6 cm³/mol. The second-order valence-electron chi connectivity index (χ2n) is 2.03. The van der Waals surface area contributed by atoms with Crippen molar-refractivity contribution in [3.63, 3.8) is 0 Å². The van der Waals surface area contributed by atoms with E-state index in [9.17, 15) is 9.59 Å². The van der Waals surface area contributed by atoms with Crippen LogP contribution in [0.5, 0.6) is 0 Å². The molecule has 1 aromatic rings. The molecule has 0 atom stereocenters. The molecule has 0 aliphatic carbocycles. The molecule has 1 heterocycles. The van der Waals surface area contributed by atoms with Crippen molar-refractivity contribution in [2.24, 2.45) is 0 Å². The first-order valence-corrected chi connectivity index (χ1v) is 3.31. The van der Waals surface area contributed by atoms with Crippen LogP contribution in [-0.2, 0) is 6.54 Å². The highest BCUT2D eigenvalue weighted by Gasteiger charge is 1.95. The fourth-order valence-corrected chi connectivity index (χ4v) is 0.754. The van der Waals surface area contributed by atoms with Gasteiger partial charge in [-0.15, -0.1) is 0 Å². The van der Waals surface area contributed by atoms with Gasteiger partial charge < -0.3 is 0 Å². The lowest BCUT2D eigenvalue weighted by atomic mass is 10.4. The largest absolute Gasteiger partial charge is 0.296 e. The highest BCUT2D eigenvalue weighted by atomic mass is 16.1. The Hall–Kier alpha value is -1.45. The van der Waals surface area contributed by atoms with E-state index in [-0.39, 0.29) is 11.3 Å². The average Bonchev–Trinajstić information content (AvgIpc) is 2.05. The Morgan fingerprint density at radius 3 is 2.91 bits per heavy atom. The zero-order chi connectivity index (χ0) is 8.27. The molecule has 1 aromatic heterocycles. The third kappa shape index (κ3) is 1.52. The molecule has 0 spiro atoms. The number of carbonyl (C=O) groups is 1. The Balaban J connectivity index is 3.23. The third-order valence-corrected chi connectivity index (χ3v) is 1.31. The summed E-state index contributed by atoms with van der Waals surface area (Å²) in [6, 6.07) is 2.74. The second-order valence-corrected chi connectivity index (χ2v) is 2.03. The summed E-state index contributed by atoms with van der Waals surface area (Å²) in [5, 5.41) is 3.75. The van der Waals surface area contributed by atoms with Crippen LogP contribution in [-0.4, -0.2) is 16.1 Å². The molecule has 0 aromatic carbocycles. The highest BCUT2D eigenvalue weighted by Crippen LogP contribution is 1.83. The average molecular weight is 152 g/mol. The molecule has 0 fully saturated rings. The summed E-state index contributed by atoms with van der Waals surface area (Å²) >= 11 is 0. The molecule has 4 nitrogen and oxygen atoms in total. The molecule has 0 bridgehead atoms. The molecular weight excluding hydrogens is 144 g/mol. The highest BCUT2D eigenvalue weighted by molar-refractivity contribution is 5.70. The first-order chi connectivity index (χ1) is 5.27. The number of aldehydes is 1. The zero-order valence-corrected chi connectivity index (χ0v) is 6.15. The normalized spacial score (nSPS) is 9.55. The zero-order valence-electron chi connectivity index (χ0n) is 6.15. The van der Waals surface area contributed by atoms with Crippen molar-refractivity contribution in [2.75, 3.05) is 0 Å². The van der Waals surface area contributed by atoms with Crippen molar-refractivity contribution in [1.29, 1.82) is 0 Å². The van der Waals surface area contributed by atoms with Crippen LogP contribution in [0.25, 0.3) is 0 Å². The van der Waals surface area contributed by atoms with E-state index in [1.54, 1.807) is 6.92 Å². The van der Waals surface area contributed by atoms with Crippen molar-refractivity contribution >= 4 is 6.29 Å². The monoisotopic (exact) mass is 152 g/mol. The Kier molecular flexibility index (Phi) is 2.15. The molecule has 0 saturated heterocycles. The van der Waals surface area contributed by atoms with E-state index < -0.39 is 0 Å². The van der Waals surface area contributed by atoms with Gasteiger partial charge in [-0.3, -0.25) is 9.59 Å². The maximum Gasteiger partial charge on any atom is 0.266 e. The van der Waals surface area contributed by atoms with E-state index >= 15 is 0 Å². The van der Waals surface area contributed by atoms with Crippen LogP contribution in [0.2, 0.25) is 0 Å². The van der Waals surface area contributed by atoms with Crippen LogP contribution in [0, 0.1) is 0 Å². The fourth-order valence-electron chi connectivity index (χ4n) is 0.754. The van der Waals surface area contributed by atoms with E-state index in [2.05, 4.69) is 5.10 Å². The number of hydrogen-bond donors (Lipinski definition) is 0. The summed E-state index contributed by atoms with van der Waals surface area (Å²) in [6.07, 6.45) is 0.617. The van der Waals surface area contributed by atoms with Gasteiger partial charge in [0.15, 0.2) is 6.29 Å². The number of carbonyl (C=O) groups excluding carboxylic acids is 1. The summed E-state index contributed by atoms with van der Waals surface area (Å²) in [5.41, 5.74) is 0.101. The summed E-state index contributed by atoms with van der Waals surface area (Å²) < 4.78 is 1.24. The van der Waals surface area contributed by atoms with E-state index in [1.165, 1.54) is 16.8 Å². The van der Waals surface area contributed by atoms with E-state index in [1.807, 2.05) is 0 Å². The van der Waals surface area contributed by atoms with Crippen molar-refractivity contribution in [3.8, 4) is 0 Å². The second kappa shape index (κ2) is 3.09. The fraction of sp³-hybridized carbons (Fsp3) is 0.286. The van der Waals surface area contributed by atoms with Crippen LogP contribution in [0.3, 0.4) is 0 Å². The minimum Gasteiger partial charge on any atom is -0.296 e. The van der Waals surface area contributed by atoms with Gasteiger partial charge >= 0.3 is 0 Å². The maximum absolute atomic E-state index is 10.9. The van der Waals surface area contributed by atoms with Crippen molar-refractivity contribution in [1.82, 2.24) is 9.78 Å². The maximum atomic E-state index is 10.9. The predicted octanol–water partition coefficient (Wildman–Crippen LogP) is 0.0757. The van der Waals surface area contributed by atoms with Crippen molar-refractivity contribution in [3.05, 3.63) is 28.2 Å². The third-order valence-electron chi connectivity index (χ3n) is 1.31. The Bertz CT molecular complexity index is 316. The van der Waals surface area contributed by atoms with Crippen molar-refractivity contribution < 1.29 is 4.79 Å². The van der Waals surface area contributed by atoms with Crippen LogP contribution in [0.4, 0.5) is 0 Å². The molecular formula is C7H8N2O2. The first-order valence-electron chi connectivity index (χ1n) is 3.31. The Morgan fingerprint density at radius 2 is 2.36 bits per heavy atom. The summed E-state index contributed by atoms with van der Waals surface area (Å²) in [6.45, 7) is 2.28. The van der Waals surface area contributed by atoms with Gasteiger partial charge in [0.25, 0.3) is 5.56 Å². The van der Waals surface area contributed by atoms with Crippen LogP contribution < -0.4 is 5.56 Å². The van der Waals surface area contributed by atoms with Gasteiger partial charge in [0.05, 0.1) is 0 Å². The van der Waals surface area contributed by atoms with Crippen LogP contribution in [0.1, 0.15) is 17.4 Å². The number of hydrogen-bond acceptors (Lipinski definition) is 3. The van der Waals surface area contributed by atoms with Gasteiger partial charge in [0.1, 0.15) is 5.69 Å². The minimum atomic E-state index is -0.182. The molecule has 4 heteroatoms. The number of rotatable bonds is 2. The number of aromatic nitrogens is 2. The molecule has 0 unspecified atom stereocenters. The first kappa shape index (κ1) is 7.65. The Labute approximate surface area is 63.5 Å². The molecule has 0 saturated carbocycles. The van der Waals surface area contributed by atoms with Gasteiger partial charge in [0.2, 0.25) is 0 Å². The Morgan fingerprint density at radius 1 is 1.64 bits per heavy atom.